The van der Waals surface area contributed by atoms with Gasteiger partial charge in [-0.05, 0) is 57.0 Å². The second kappa shape index (κ2) is 5.85. The van der Waals surface area contributed by atoms with Gasteiger partial charge in [-0.2, -0.15) is 0 Å². The third-order valence-corrected chi connectivity index (χ3v) is 3.76. The van der Waals surface area contributed by atoms with Gasteiger partial charge in [0.05, 0.1) is 0 Å². The third kappa shape index (κ3) is 3.56. The van der Waals surface area contributed by atoms with Crippen LogP contribution in [0.2, 0.25) is 0 Å². The summed E-state index contributed by atoms with van der Waals surface area (Å²) in [5.74, 6) is 0.265. The summed E-state index contributed by atoms with van der Waals surface area (Å²) in [5.41, 5.74) is 2.01. The highest BCUT2D eigenvalue weighted by molar-refractivity contribution is 9.10. The number of anilines is 1. The quantitative estimate of drug-likeness (QED) is 0.881. The normalized spacial score (nSPS) is 23.7. The lowest BCUT2D eigenvalue weighted by Crippen LogP contribution is -2.40. The number of nitrogens with one attached hydrogen (secondary N) is 2. The Hall–Kier alpha value is -0.870. The van der Waals surface area contributed by atoms with Crippen molar-refractivity contribution in [3.63, 3.8) is 0 Å². The van der Waals surface area contributed by atoms with E-state index in [0.29, 0.717) is 6.04 Å². The Balaban J connectivity index is 2.02. The molecule has 98 valence electrons. The Morgan fingerprint density at radius 3 is 2.89 bits per heavy atom. The van der Waals surface area contributed by atoms with Crippen LogP contribution in [0, 0.1) is 12.8 Å². The molecule has 1 aromatic rings. The molecule has 0 aliphatic carbocycles. The molecule has 2 N–H and O–H groups in total. The van der Waals surface area contributed by atoms with E-state index in [9.17, 15) is 4.79 Å². The molecule has 0 aromatic heterocycles. The number of piperidine rings is 1. The van der Waals surface area contributed by atoms with Crippen molar-refractivity contribution >= 4 is 27.5 Å². The summed E-state index contributed by atoms with van der Waals surface area (Å²) in [5, 5.41) is 6.38. The van der Waals surface area contributed by atoms with Gasteiger partial charge >= 0.3 is 0 Å². The minimum absolute atomic E-state index is 0.125. The van der Waals surface area contributed by atoms with E-state index in [1.807, 2.05) is 25.1 Å². The van der Waals surface area contributed by atoms with E-state index in [2.05, 4.69) is 33.5 Å². The lowest BCUT2D eigenvalue weighted by Gasteiger charge is -2.27. The first kappa shape index (κ1) is 13.6. The number of hydrogen-bond donors (Lipinski definition) is 2. The number of hydrogen-bond acceptors (Lipinski definition) is 2. The molecular weight excluding hydrogens is 292 g/mol. The molecule has 0 saturated carbocycles. The van der Waals surface area contributed by atoms with Gasteiger partial charge in [-0.1, -0.05) is 15.9 Å². The van der Waals surface area contributed by atoms with Gasteiger partial charge in [0, 0.05) is 22.1 Å². The highest BCUT2D eigenvalue weighted by atomic mass is 79.9. The molecular formula is C14H19BrN2O. The average molecular weight is 311 g/mol. The lowest BCUT2D eigenvalue weighted by atomic mass is 9.92. The van der Waals surface area contributed by atoms with Crippen LogP contribution in [0.5, 0.6) is 0 Å². The maximum absolute atomic E-state index is 12.2. The summed E-state index contributed by atoms with van der Waals surface area (Å²) in [4.78, 5) is 12.2. The summed E-state index contributed by atoms with van der Waals surface area (Å²) in [7, 11) is 0. The van der Waals surface area contributed by atoms with Crippen LogP contribution in [0.25, 0.3) is 0 Å². The van der Waals surface area contributed by atoms with Gasteiger partial charge in [0.15, 0.2) is 0 Å². The van der Waals surface area contributed by atoms with E-state index in [4.69, 9.17) is 0 Å². The molecule has 1 heterocycles. The molecule has 2 rings (SSSR count). The minimum atomic E-state index is 0.125. The third-order valence-electron chi connectivity index (χ3n) is 3.30. The highest BCUT2D eigenvalue weighted by Crippen LogP contribution is 2.22. The van der Waals surface area contributed by atoms with Crippen molar-refractivity contribution in [2.75, 3.05) is 11.9 Å². The fourth-order valence-electron chi connectivity index (χ4n) is 2.42. The molecule has 0 spiro atoms. The smallest absolute Gasteiger partial charge is 0.227 e. The zero-order valence-electron chi connectivity index (χ0n) is 10.8. The Morgan fingerprint density at radius 1 is 1.44 bits per heavy atom. The molecule has 4 heteroatoms. The Bertz CT molecular complexity index is 427. The lowest BCUT2D eigenvalue weighted by molar-refractivity contribution is -0.120. The van der Waals surface area contributed by atoms with Gasteiger partial charge < -0.3 is 10.6 Å². The van der Waals surface area contributed by atoms with E-state index >= 15 is 0 Å². The van der Waals surface area contributed by atoms with E-state index < -0.39 is 0 Å². The van der Waals surface area contributed by atoms with Crippen molar-refractivity contribution in [3.8, 4) is 0 Å². The number of carbonyl (C=O) groups excluding carboxylic acids is 1. The van der Waals surface area contributed by atoms with Crippen molar-refractivity contribution < 1.29 is 4.79 Å². The molecule has 1 aliphatic rings. The van der Waals surface area contributed by atoms with Crippen LogP contribution in [0.15, 0.2) is 22.7 Å². The van der Waals surface area contributed by atoms with Gasteiger partial charge in [0.2, 0.25) is 5.91 Å². The van der Waals surface area contributed by atoms with Gasteiger partial charge in [0.25, 0.3) is 0 Å². The molecule has 18 heavy (non-hydrogen) atoms. The van der Waals surface area contributed by atoms with Gasteiger partial charge in [-0.25, -0.2) is 0 Å². The second-order valence-corrected chi connectivity index (χ2v) is 6.00. The maximum Gasteiger partial charge on any atom is 0.227 e. The van der Waals surface area contributed by atoms with E-state index in [1.54, 1.807) is 0 Å². The van der Waals surface area contributed by atoms with Gasteiger partial charge in [-0.15, -0.1) is 0 Å². The average Bonchev–Trinajstić information content (AvgIpc) is 2.27. The molecule has 1 fully saturated rings. The molecule has 1 saturated heterocycles. The Kier molecular flexibility index (Phi) is 4.40. The predicted molar refractivity (Wildman–Crippen MR) is 77.7 cm³/mol. The SMILES string of the molecule is Cc1cc(Br)cc(NC(=O)C2CCNC(C)C2)c1. The van der Waals surface area contributed by atoms with Crippen molar-refractivity contribution in [1.82, 2.24) is 5.32 Å². The van der Waals surface area contributed by atoms with E-state index in [1.165, 1.54) is 0 Å². The fourth-order valence-corrected chi connectivity index (χ4v) is 3.03. The van der Waals surface area contributed by atoms with Crippen LogP contribution in [0.3, 0.4) is 0 Å². The zero-order valence-corrected chi connectivity index (χ0v) is 12.4. The Labute approximate surface area is 116 Å². The van der Waals surface area contributed by atoms with E-state index in [0.717, 1.165) is 35.1 Å². The number of carbonyl (C=O) groups is 1. The van der Waals surface area contributed by atoms with Crippen molar-refractivity contribution in [2.24, 2.45) is 5.92 Å². The molecule has 1 aliphatic heterocycles. The molecule has 0 bridgehead atoms. The maximum atomic E-state index is 12.2. The molecule has 1 amide bonds. The highest BCUT2D eigenvalue weighted by Gasteiger charge is 2.24. The van der Waals surface area contributed by atoms with Crippen LogP contribution in [0.1, 0.15) is 25.3 Å². The van der Waals surface area contributed by atoms with Crippen LogP contribution < -0.4 is 10.6 Å². The van der Waals surface area contributed by atoms with Gasteiger partial charge in [0.1, 0.15) is 0 Å². The topological polar surface area (TPSA) is 41.1 Å². The Morgan fingerprint density at radius 2 is 2.22 bits per heavy atom. The minimum Gasteiger partial charge on any atom is -0.326 e. The number of aryl methyl sites for hydroxylation is 1. The summed E-state index contributed by atoms with van der Waals surface area (Å²) in [6.07, 6.45) is 1.84. The number of rotatable bonds is 2. The first-order chi connectivity index (χ1) is 8.54. The first-order valence-corrected chi connectivity index (χ1v) is 7.15. The monoisotopic (exact) mass is 310 g/mol. The summed E-state index contributed by atoms with van der Waals surface area (Å²) < 4.78 is 0.997. The second-order valence-electron chi connectivity index (χ2n) is 5.08. The van der Waals surface area contributed by atoms with Crippen molar-refractivity contribution in [2.45, 2.75) is 32.7 Å². The molecule has 1 aromatic carbocycles. The summed E-state index contributed by atoms with van der Waals surface area (Å²) in [6, 6.07) is 6.39. The summed E-state index contributed by atoms with van der Waals surface area (Å²) >= 11 is 3.45. The van der Waals surface area contributed by atoms with Crippen molar-refractivity contribution in [3.05, 3.63) is 28.2 Å². The number of amides is 1. The number of benzene rings is 1. The van der Waals surface area contributed by atoms with Crippen LogP contribution in [-0.4, -0.2) is 18.5 Å². The van der Waals surface area contributed by atoms with Crippen molar-refractivity contribution in [1.29, 1.82) is 0 Å². The fraction of sp³-hybridized carbons (Fsp3) is 0.500. The van der Waals surface area contributed by atoms with Crippen LogP contribution in [0.4, 0.5) is 5.69 Å². The largest absolute Gasteiger partial charge is 0.326 e. The predicted octanol–water partition coefficient (Wildman–Crippen LogP) is 3.08. The van der Waals surface area contributed by atoms with E-state index in [-0.39, 0.29) is 11.8 Å². The van der Waals surface area contributed by atoms with Crippen LogP contribution >= 0.6 is 15.9 Å². The van der Waals surface area contributed by atoms with Crippen LogP contribution in [-0.2, 0) is 4.79 Å². The molecule has 0 radical (unpaired) electrons. The molecule has 3 nitrogen and oxygen atoms in total. The zero-order chi connectivity index (χ0) is 13.1. The summed E-state index contributed by atoms with van der Waals surface area (Å²) in [6.45, 7) is 5.08. The standard InChI is InChI=1S/C14H19BrN2O/c1-9-5-12(15)8-13(6-9)17-14(18)11-3-4-16-10(2)7-11/h5-6,8,10-11,16H,3-4,7H2,1-2H3,(H,17,18). The van der Waals surface area contributed by atoms with Gasteiger partial charge in [-0.3, -0.25) is 4.79 Å². The molecule has 2 atom stereocenters. The first-order valence-electron chi connectivity index (χ1n) is 6.36. The number of halogens is 1. The molecule has 2 unspecified atom stereocenters.